The first kappa shape index (κ1) is 14.1. The molecule has 1 unspecified atom stereocenters. The second-order valence-corrected chi connectivity index (χ2v) is 4.54. The fourth-order valence-corrected chi connectivity index (χ4v) is 2.10. The summed E-state index contributed by atoms with van der Waals surface area (Å²) >= 11 is 0. The van der Waals surface area contributed by atoms with Crippen LogP contribution in [0.1, 0.15) is 12.0 Å². The number of carboxylic acids is 1. The number of hydrogen-bond acceptors (Lipinski definition) is 3. The van der Waals surface area contributed by atoms with Gasteiger partial charge in [-0.1, -0.05) is 30.0 Å². The molecule has 0 spiro atoms. The van der Waals surface area contributed by atoms with E-state index in [4.69, 9.17) is 5.11 Å². The molecule has 1 amide bonds. The first-order valence-electron chi connectivity index (χ1n) is 6.44. The van der Waals surface area contributed by atoms with Gasteiger partial charge in [0.1, 0.15) is 6.04 Å². The van der Waals surface area contributed by atoms with Crippen molar-refractivity contribution < 1.29 is 14.7 Å². The van der Waals surface area contributed by atoms with Gasteiger partial charge in [0, 0.05) is 18.7 Å². The zero-order chi connectivity index (χ0) is 14.4. The fourth-order valence-electron chi connectivity index (χ4n) is 2.10. The Balaban J connectivity index is 2.01. The molecule has 0 radical (unpaired) electrons. The van der Waals surface area contributed by atoms with Crippen LogP contribution in [0, 0.1) is 11.8 Å². The number of rotatable bonds is 3. The molecule has 1 heterocycles. The van der Waals surface area contributed by atoms with E-state index in [9.17, 15) is 9.59 Å². The van der Waals surface area contributed by atoms with Crippen LogP contribution in [0.5, 0.6) is 0 Å². The zero-order valence-electron chi connectivity index (χ0n) is 11.0. The summed E-state index contributed by atoms with van der Waals surface area (Å²) in [6.45, 7) is 1.54. The standard InChI is InChI=1S/C15H16N2O3/c18-14(19)11-13-15(20)16-8-10-17(13)9-4-7-12-5-2-1-3-6-12/h1-3,5-6,13H,8-11H2,(H,16,20)(H,18,19). The van der Waals surface area contributed by atoms with Gasteiger partial charge in [0.25, 0.3) is 0 Å². The van der Waals surface area contributed by atoms with E-state index in [2.05, 4.69) is 17.2 Å². The Morgan fingerprint density at radius 2 is 2.15 bits per heavy atom. The number of nitrogens with zero attached hydrogens (tertiary/aromatic N) is 1. The Morgan fingerprint density at radius 3 is 2.85 bits per heavy atom. The molecule has 0 saturated carbocycles. The highest BCUT2D eigenvalue weighted by molar-refractivity contribution is 5.86. The number of nitrogens with one attached hydrogen (secondary N) is 1. The smallest absolute Gasteiger partial charge is 0.305 e. The summed E-state index contributed by atoms with van der Waals surface area (Å²) < 4.78 is 0. The maximum absolute atomic E-state index is 11.7. The molecule has 1 aromatic rings. The fraction of sp³-hybridized carbons (Fsp3) is 0.333. The highest BCUT2D eigenvalue weighted by Gasteiger charge is 2.30. The summed E-state index contributed by atoms with van der Waals surface area (Å²) in [6.07, 6.45) is -0.196. The van der Waals surface area contributed by atoms with E-state index >= 15 is 0 Å². The van der Waals surface area contributed by atoms with Crippen molar-refractivity contribution in [2.75, 3.05) is 19.6 Å². The van der Waals surface area contributed by atoms with Crippen LogP contribution < -0.4 is 5.32 Å². The van der Waals surface area contributed by atoms with E-state index in [-0.39, 0.29) is 12.3 Å². The van der Waals surface area contributed by atoms with Gasteiger partial charge in [-0.05, 0) is 12.1 Å². The van der Waals surface area contributed by atoms with Crippen molar-refractivity contribution in [2.24, 2.45) is 0 Å². The van der Waals surface area contributed by atoms with Crippen LogP contribution in [0.15, 0.2) is 30.3 Å². The second kappa shape index (κ2) is 6.73. The Bertz CT molecular complexity index is 545. The topological polar surface area (TPSA) is 69.6 Å². The van der Waals surface area contributed by atoms with Gasteiger partial charge in [0.05, 0.1) is 13.0 Å². The summed E-state index contributed by atoms with van der Waals surface area (Å²) in [6, 6.07) is 8.92. The van der Waals surface area contributed by atoms with Gasteiger partial charge in [-0.15, -0.1) is 0 Å². The first-order valence-corrected chi connectivity index (χ1v) is 6.44. The normalized spacial score (nSPS) is 18.8. The molecule has 0 aliphatic carbocycles. The van der Waals surface area contributed by atoms with Gasteiger partial charge in [-0.2, -0.15) is 0 Å². The molecular formula is C15H16N2O3. The Labute approximate surface area is 117 Å². The lowest BCUT2D eigenvalue weighted by atomic mass is 10.1. The largest absolute Gasteiger partial charge is 0.481 e. The molecule has 1 aromatic carbocycles. The van der Waals surface area contributed by atoms with Gasteiger partial charge >= 0.3 is 5.97 Å². The number of aliphatic carboxylic acids is 1. The molecule has 1 fully saturated rings. The van der Waals surface area contributed by atoms with Gasteiger partial charge < -0.3 is 10.4 Å². The average molecular weight is 272 g/mol. The molecule has 1 aliphatic rings. The van der Waals surface area contributed by atoms with Crippen molar-refractivity contribution in [3.63, 3.8) is 0 Å². The van der Waals surface area contributed by atoms with Crippen molar-refractivity contribution in [3.05, 3.63) is 35.9 Å². The van der Waals surface area contributed by atoms with Crippen molar-refractivity contribution in [1.82, 2.24) is 10.2 Å². The first-order chi connectivity index (χ1) is 9.66. The minimum atomic E-state index is -0.979. The third kappa shape index (κ3) is 3.84. The van der Waals surface area contributed by atoms with E-state index in [1.54, 1.807) is 0 Å². The Kier molecular flexibility index (Phi) is 4.75. The highest BCUT2D eigenvalue weighted by atomic mass is 16.4. The van der Waals surface area contributed by atoms with Gasteiger partial charge in [0.2, 0.25) is 5.91 Å². The summed E-state index contributed by atoms with van der Waals surface area (Å²) in [5.74, 6) is 4.79. The van der Waals surface area contributed by atoms with Crippen molar-refractivity contribution in [2.45, 2.75) is 12.5 Å². The number of piperazine rings is 1. The molecule has 5 nitrogen and oxygen atoms in total. The SMILES string of the molecule is O=C(O)CC1C(=O)NCCN1CC#Cc1ccccc1. The highest BCUT2D eigenvalue weighted by Crippen LogP contribution is 2.08. The molecular weight excluding hydrogens is 256 g/mol. The predicted molar refractivity (Wildman–Crippen MR) is 73.9 cm³/mol. The van der Waals surface area contributed by atoms with Crippen molar-refractivity contribution in [3.8, 4) is 11.8 Å². The summed E-state index contributed by atoms with van der Waals surface area (Å²) in [5, 5.41) is 11.5. The van der Waals surface area contributed by atoms with Crippen LogP contribution in [-0.2, 0) is 9.59 Å². The molecule has 1 saturated heterocycles. The Morgan fingerprint density at radius 1 is 1.40 bits per heavy atom. The summed E-state index contributed by atoms with van der Waals surface area (Å²) in [4.78, 5) is 24.3. The minimum Gasteiger partial charge on any atom is -0.481 e. The summed E-state index contributed by atoms with van der Waals surface area (Å²) in [5.41, 5.74) is 0.906. The quantitative estimate of drug-likeness (QED) is 0.777. The molecule has 20 heavy (non-hydrogen) atoms. The third-order valence-corrected chi connectivity index (χ3v) is 3.10. The van der Waals surface area contributed by atoms with E-state index in [1.807, 2.05) is 35.2 Å². The van der Waals surface area contributed by atoms with E-state index in [0.717, 1.165) is 5.56 Å². The number of carbonyl (C=O) groups excluding carboxylic acids is 1. The van der Waals surface area contributed by atoms with Gasteiger partial charge in [-0.3, -0.25) is 14.5 Å². The molecule has 1 aliphatic heterocycles. The second-order valence-electron chi connectivity index (χ2n) is 4.54. The monoisotopic (exact) mass is 272 g/mol. The molecule has 2 rings (SSSR count). The van der Waals surface area contributed by atoms with Gasteiger partial charge in [-0.25, -0.2) is 0 Å². The molecule has 0 bridgehead atoms. The lowest BCUT2D eigenvalue weighted by molar-refractivity contribution is -0.142. The minimum absolute atomic E-state index is 0.196. The number of carboxylic acid groups (broad SMARTS) is 1. The zero-order valence-corrected chi connectivity index (χ0v) is 11.0. The molecule has 2 N–H and O–H groups in total. The van der Waals surface area contributed by atoms with Crippen LogP contribution in [0.2, 0.25) is 0 Å². The third-order valence-electron chi connectivity index (χ3n) is 3.10. The van der Waals surface area contributed by atoms with Crippen LogP contribution >= 0.6 is 0 Å². The van der Waals surface area contributed by atoms with E-state index in [1.165, 1.54) is 0 Å². The van der Waals surface area contributed by atoms with Crippen molar-refractivity contribution >= 4 is 11.9 Å². The van der Waals surface area contributed by atoms with E-state index < -0.39 is 12.0 Å². The number of carbonyl (C=O) groups is 2. The number of hydrogen-bond donors (Lipinski definition) is 2. The molecule has 5 heteroatoms. The van der Waals surface area contributed by atoms with E-state index in [0.29, 0.717) is 19.6 Å². The average Bonchev–Trinajstić information content (AvgIpc) is 2.43. The molecule has 104 valence electrons. The number of amides is 1. The number of benzene rings is 1. The molecule has 0 aromatic heterocycles. The lowest BCUT2D eigenvalue weighted by Gasteiger charge is -2.32. The lowest BCUT2D eigenvalue weighted by Crippen LogP contribution is -2.55. The maximum atomic E-state index is 11.7. The van der Waals surface area contributed by atoms with Crippen LogP contribution in [-0.4, -0.2) is 47.6 Å². The van der Waals surface area contributed by atoms with Crippen LogP contribution in [0.25, 0.3) is 0 Å². The Hall–Kier alpha value is -2.32. The molecule has 1 atom stereocenters. The van der Waals surface area contributed by atoms with Gasteiger partial charge in [0.15, 0.2) is 0 Å². The predicted octanol–water partition coefficient (Wildman–Crippen LogP) is 0.313. The van der Waals surface area contributed by atoms with Crippen LogP contribution in [0.4, 0.5) is 0 Å². The maximum Gasteiger partial charge on any atom is 0.305 e. The van der Waals surface area contributed by atoms with Crippen LogP contribution in [0.3, 0.4) is 0 Å². The summed E-state index contributed by atoms with van der Waals surface area (Å²) in [7, 11) is 0. The van der Waals surface area contributed by atoms with Crippen molar-refractivity contribution in [1.29, 1.82) is 0 Å².